The van der Waals surface area contributed by atoms with Crippen molar-refractivity contribution in [2.24, 2.45) is 0 Å². The number of aromatic amines is 1. The summed E-state index contributed by atoms with van der Waals surface area (Å²) in [6.45, 7) is 2.62. The Morgan fingerprint density at radius 2 is 2.08 bits per heavy atom. The average Bonchev–Trinajstić information content (AvgIpc) is 3.03. The highest BCUT2D eigenvalue weighted by atomic mass is 16.5. The molecule has 26 heavy (non-hydrogen) atoms. The fourth-order valence-corrected chi connectivity index (χ4v) is 3.11. The number of anilines is 2. The average molecular weight is 356 g/mol. The van der Waals surface area contributed by atoms with Gasteiger partial charge in [0.15, 0.2) is 11.6 Å². The number of ether oxygens (including phenoxy) is 1. The summed E-state index contributed by atoms with van der Waals surface area (Å²) >= 11 is 0. The number of nitrogens with one attached hydrogen (secondary N) is 3. The van der Waals surface area contributed by atoms with E-state index in [4.69, 9.17) is 10.1 Å². The zero-order valence-electron chi connectivity index (χ0n) is 14.4. The highest BCUT2D eigenvalue weighted by Gasteiger charge is 2.28. The number of H-pyrrole nitrogens is 1. The minimum absolute atomic E-state index is 0.0269. The monoisotopic (exact) mass is 356 g/mol. The maximum Gasteiger partial charge on any atom is 0.326 e. The molecule has 0 unspecified atom stereocenters. The maximum absolute atomic E-state index is 12.4. The molecule has 2 aromatic heterocycles. The lowest BCUT2D eigenvalue weighted by molar-refractivity contribution is 0.0646. The molecular formula is C17H20N6O3. The molecule has 0 aliphatic carbocycles. The fraction of sp³-hybridized carbons (Fsp3) is 0.353. The van der Waals surface area contributed by atoms with Gasteiger partial charge in [-0.05, 0) is 12.5 Å². The Hall–Kier alpha value is -3.23. The van der Waals surface area contributed by atoms with Crippen LogP contribution < -0.4 is 20.4 Å². The minimum atomic E-state index is -0.369. The molecule has 0 saturated carbocycles. The Morgan fingerprint density at radius 3 is 2.73 bits per heavy atom. The number of pyridine rings is 1. The summed E-state index contributed by atoms with van der Waals surface area (Å²) in [5, 5.41) is 10.6. The number of likely N-dealkylation sites (tertiary alicyclic amines) is 1. The van der Waals surface area contributed by atoms with Gasteiger partial charge in [0, 0.05) is 44.2 Å². The fourth-order valence-electron chi connectivity index (χ4n) is 3.11. The second kappa shape index (κ2) is 6.25. The van der Waals surface area contributed by atoms with Crippen LogP contribution in [-0.4, -0.2) is 59.7 Å². The van der Waals surface area contributed by atoms with Gasteiger partial charge in [-0.25, -0.2) is 4.79 Å². The van der Waals surface area contributed by atoms with Crippen molar-refractivity contribution in [3.63, 3.8) is 0 Å². The first-order valence-electron chi connectivity index (χ1n) is 8.50. The van der Waals surface area contributed by atoms with Crippen LogP contribution in [0.3, 0.4) is 0 Å². The van der Waals surface area contributed by atoms with E-state index in [9.17, 15) is 9.59 Å². The normalized spacial score (nSPS) is 15.7. The number of aromatic nitrogens is 2. The van der Waals surface area contributed by atoms with E-state index in [0.717, 1.165) is 25.2 Å². The summed E-state index contributed by atoms with van der Waals surface area (Å²) in [6.07, 6.45) is 2.59. The molecule has 0 spiro atoms. The van der Waals surface area contributed by atoms with Gasteiger partial charge in [0.05, 0.1) is 6.54 Å². The Kier molecular flexibility index (Phi) is 3.90. The van der Waals surface area contributed by atoms with Crippen molar-refractivity contribution >= 4 is 23.4 Å². The second-order valence-electron chi connectivity index (χ2n) is 6.24. The van der Waals surface area contributed by atoms with Gasteiger partial charge in [-0.1, -0.05) is 0 Å². The molecule has 3 N–H and O–H groups in total. The smallest absolute Gasteiger partial charge is 0.326 e. The van der Waals surface area contributed by atoms with Crippen molar-refractivity contribution in [2.75, 3.05) is 38.2 Å². The second-order valence-corrected chi connectivity index (χ2v) is 6.24. The first-order valence-corrected chi connectivity index (χ1v) is 8.50. The molecule has 2 aromatic rings. The highest BCUT2D eigenvalue weighted by molar-refractivity contribution is 5.95. The van der Waals surface area contributed by atoms with Crippen molar-refractivity contribution in [1.82, 2.24) is 19.8 Å². The van der Waals surface area contributed by atoms with Gasteiger partial charge in [0.2, 0.25) is 0 Å². The molecule has 4 heterocycles. The van der Waals surface area contributed by atoms with Gasteiger partial charge >= 0.3 is 6.03 Å². The van der Waals surface area contributed by atoms with Gasteiger partial charge in [-0.3, -0.25) is 14.8 Å². The van der Waals surface area contributed by atoms with E-state index in [1.807, 2.05) is 4.90 Å². The molecule has 4 rings (SSSR count). The predicted octanol–water partition coefficient (Wildman–Crippen LogP) is 0.860. The van der Waals surface area contributed by atoms with E-state index >= 15 is 0 Å². The van der Waals surface area contributed by atoms with Crippen LogP contribution in [0, 0.1) is 5.41 Å². The first-order chi connectivity index (χ1) is 12.6. The van der Waals surface area contributed by atoms with Gasteiger partial charge in [0.25, 0.3) is 5.91 Å². The molecule has 136 valence electrons. The molecule has 0 bridgehead atoms. The number of rotatable bonds is 2. The molecule has 1 saturated heterocycles. The third kappa shape index (κ3) is 2.61. The van der Waals surface area contributed by atoms with E-state index in [2.05, 4.69) is 10.3 Å². The predicted molar refractivity (Wildman–Crippen MR) is 94.0 cm³/mol. The van der Waals surface area contributed by atoms with Gasteiger partial charge in [-0.15, -0.1) is 0 Å². The first kappa shape index (κ1) is 16.2. The van der Waals surface area contributed by atoms with Gasteiger partial charge < -0.3 is 24.8 Å². The Labute approximate surface area is 149 Å². The van der Waals surface area contributed by atoms with Crippen LogP contribution in [0.4, 0.5) is 16.3 Å². The molecule has 2 aliphatic heterocycles. The quantitative estimate of drug-likeness (QED) is 0.742. The van der Waals surface area contributed by atoms with Crippen LogP contribution in [0.15, 0.2) is 24.4 Å². The van der Waals surface area contributed by atoms with E-state index < -0.39 is 0 Å². The number of carbonyl (C=O) groups is 2. The van der Waals surface area contributed by atoms with Crippen LogP contribution in [0.2, 0.25) is 0 Å². The highest BCUT2D eigenvalue weighted by Crippen LogP contribution is 2.36. The third-order valence-electron chi connectivity index (χ3n) is 4.66. The lowest BCUT2D eigenvalue weighted by Crippen LogP contribution is -2.42. The number of hydrogen-bond donors (Lipinski definition) is 3. The van der Waals surface area contributed by atoms with Crippen LogP contribution in [0.25, 0.3) is 0 Å². The summed E-state index contributed by atoms with van der Waals surface area (Å²) in [5.41, 5.74) is 1.33. The van der Waals surface area contributed by atoms with Crippen molar-refractivity contribution in [3.05, 3.63) is 35.6 Å². The Bertz CT molecular complexity index is 927. The number of hydrogen-bond acceptors (Lipinski definition) is 5. The largest absolute Gasteiger partial charge is 0.488 e. The third-order valence-corrected chi connectivity index (χ3v) is 4.66. The van der Waals surface area contributed by atoms with E-state index in [1.165, 1.54) is 11.6 Å². The summed E-state index contributed by atoms with van der Waals surface area (Å²) in [6, 6.07) is 4.74. The molecule has 0 aromatic carbocycles. The summed E-state index contributed by atoms with van der Waals surface area (Å²) in [4.78, 5) is 31.1. The van der Waals surface area contributed by atoms with Crippen molar-refractivity contribution in [1.29, 1.82) is 5.41 Å². The van der Waals surface area contributed by atoms with Crippen molar-refractivity contribution in [2.45, 2.75) is 6.42 Å². The molecule has 1 fully saturated rings. The van der Waals surface area contributed by atoms with Crippen LogP contribution in [-0.2, 0) is 0 Å². The zero-order valence-corrected chi connectivity index (χ0v) is 14.4. The SMILES string of the molecule is CNC(=O)n1ccc(N2CCOc3cc(C(=O)N4CCC4)[nH]c32)cc1=N. The zero-order chi connectivity index (χ0) is 18.3. The summed E-state index contributed by atoms with van der Waals surface area (Å²) in [5.74, 6) is 1.29. The molecular weight excluding hydrogens is 336 g/mol. The molecule has 2 aliphatic rings. The molecule has 9 heteroatoms. The topological polar surface area (TPSA) is 106 Å². The van der Waals surface area contributed by atoms with Gasteiger partial charge in [0.1, 0.15) is 17.8 Å². The van der Waals surface area contributed by atoms with E-state index in [1.54, 1.807) is 29.3 Å². The number of amides is 2. The lowest BCUT2D eigenvalue weighted by atomic mass is 10.2. The van der Waals surface area contributed by atoms with Crippen molar-refractivity contribution < 1.29 is 14.3 Å². The molecule has 9 nitrogen and oxygen atoms in total. The maximum atomic E-state index is 12.4. The summed E-state index contributed by atoms with van der Waals surface area (Å²) in [7, 11) is 1.52. The lowest BCUT2D eigenvalue weighted by Gasteiger charge is -2.30. The van der Waals surface area contributed by atoms with Crippen LogP contribution in [0.1, 0.15) is 16.9 Å². The summed E-state index contributed by atoms with van der Waals surface area (Å²) < 4.78 is 6.91. The van der Waals surface area contributed by atoms with Gasteiger partial charge in [-0.2, -0.15) is 0 Å². The minimum Gasteiger partial charge on any atom is -0.488 e. The Morgan fingerprint density at radius 1 is 1.27 bits per heavy atom. The van der Waals surface area contributed by atoms with E-state index in [-0.39, 0.29) is 17.4 Å². The standard InChI is InChI=1S/C17H20N6O3/c1-19-17(25)23-6-3-11(9-14(23)18)22-7-8-26-13-10-12(20-15(13)22)16(24)21-4-2-5-21/h3,6,9-10,18,20H,2,4-5,7-8H2,1H3,(H,19,25). The van der Waals surface area contributed by atoms with Crippen LogP contribution in [0.5, 0.6) is 5.75 Å². The molecule has 2 amide bonds. The van der Waals surface area contributed by atoms with Crippen LogP contribution >= 0.6 is 0 Å². The molecule has 0 radical (unpaired) electrons. The number of carbonyl (C=O) groups excluding carboxylic acids is 2. The van der Waals surface area contributed by atoms with E-state index in [0.29, 0.717) is 30.4 Å². The Balaban J connectivity index is 1.66. The number of nitrogens with zero attached hydrogens (tertiary/aromatic N) is 3. The number of fused-ring (bicyclic) bond motifs is 1. The molecule has 0 atom stereocenters. The van der Waals surface area contributed by atoms with Crippen molar-refractivity contribution in [3.8, 4) is 5.75 Å².